The van der Waals surface area contributed by atoms with Crippen LogP contribution in [0.1, 0.15) is 47.4 Å². The van der Waals surface area contributed by atoms with Crippen LogP contribution in [-0.2, 0) is 17.6 Å². The van der Waals surface area contributed by atoms with Crippen molar-refractivity contribution in [1.82, 2.24) is 0 Å². The molecule has 2 aromatic rings. The Morgan fingerprint density at radius 1 is 1.10 bits per heavy atom. The number of hydrogen-bond acceptors (Lipinski definition) is 1. The Morgan fingerprint density at radius 2 is 1.86 bits per heavy atom. The number of benzene rings is 2. The van der Waals surface area contributed by atoms with Crippen LogP contribution in [-0.4, -0.2) is 5.78 Å². The van der Waals surface area contributed by atoms with Gasteiger partial charge >= 0.3 is 0 Å². The smallest absolute Gasteiger partial charge is 0.140 e. The second-order valence-electron chi connectivity index (χ2n) is 6.10. The number of carbonyl (C=O) groups is 1. The molecule has 0 saturated heterocycles. The van der Waals surface area contributed by atoms with Gasteiger partial charge < -0.3 is 0 Å². The van der Waals surface area contributed by atoms with Crippen LogP contribution < -0.4 is 0 Å². The number of ketones is 1. The first kappa shape index (κ1) is 14.1. The highest BCUT2D eigenvalue weighted by atomic mass is 16.1. The maximum atomic E-state index is 12.6. The molecule has 0 bridgehead atoms. The molecule has 0 aliphatic heterocycles. The summed E-state index contributed by atoms with van der Waals surface area (Å²) in [5.41, 5.74) is 5.18. The van der Waals surface area contributed by atoms with Crippen LogP contribution >= 0.6 is 0 Å². The van der Waals surface area contributed by atoms with Crippen LogP contribution in [0.5, 0.6) is 0 Å². The van der Waals surface area contributed by atoms with Crippen molar-refractivity contribution < 1.29 is 4.79 Å². The molecular weight excluding hydrogens is 256 g/mol. The van der Waals surface area contributed by atoms with Gasteiger partial charge in [0.05, 0.1) is 0 Å². The first-order valence-electron chi connectivity index (χ1n) is 7.90. The molecule has 1 heteroatoms. The number of rotatable bonds is 4. The normalized spacial score (nSPS) is 17.3. The molecule has 21 heavy (non-hydrogen) atoms. The first-order valence-corrected chi connectivity index (χ1v) is 7.90. The number of aryl methyl sites for hydroxylation is 3. The molecule has 1 nitrogen and oxygen atoms in total. The van der Waals surface area contributed by atoms with Crippen molar-refractivity contribution in [3.05, 3.63) is 70.8 Å². The molecule has 1 unspecified atom stereocenters. The topological polar surface area (TPSA) is 17.1 Å². The van der Waals surface area contributed by atoms with Crippen LogP contribution in [0.3, 0.4) is 0 Å². The molecule has 0 heterocycles. The molecule has 0 fully saturated rings. The molecule has 0 N–H and O–H groups in total. The Hall–Kier alpha value is -1.89. The molecule has 108 valence electrons. The molecule has 0 spiro atoms. The third-order valence-corrected chi connectivity index (χ3v) is 4.54. The molecule has 1 aliphatic carbocycles. The van der Waals surface area contributed by atoms with Gasteiger partial charge in [0.2, 0.25) is 0 Å². The van der Waals surface area contributed by atoms with Gasteiger partial charge in [0.15, 0.2) is 0 Å². The van der Waals surface area contributed by atoms with E-state index in [1.54, 1.807) is 0 Å². The van der Waals surface area contributed by atoms with Crippen molar-refractivity contribution in [3.8, 4) is 0 Å². The van der Waals surface area contributed by atoms with Crippen molar-refractivity contribution in [2.45, 2.75) is 44.9 Å². The number of fused-ring (bicyclic) bond motifs is 1. The average Bonchev–Trinajstić information content (AvgIpc) is 2.53. The SMILES string of the molecule is Cc1ccc(CCC(=O)C2CCCc3ccccc32)cc1. The van der Waals surface area contributed by atoms with E-state index in [4.69, 9.17) is 0 Å². The van der Waals surface area contributed by atoms with Crippen LogP contribution in [0.25, 0.3) is 0 Å². The van der Waals surface area contributed by atoms with E-state index >= 15 is 0 Å². The van der Waals surface area contributed by atoms with E-state index in [1.165, 1.54) is 22.3 Å². The highest BCUT2D eigenvalue weighted by molar-refractivity contribution is 5.86. The zero-order valence-electron chi connectivity index (χ0n) is 12.6. The summed E-state index contributed by atoms with van der Waals surface area (Å²) in [6, 6.07) is 17.0. The summed E-state index contributed by atoms with van der Waals surface area (Å²) in [5.74, 6) is 0.531. The van der Waals surface area contributed by atoms with Crippen LogP contribution in [0, 0.1) is 6.92 Å². The van der Waals surface area contributed by atoms with E-state index in [1.807, 2.05) is 0 Å². The monoisotopic (exact) mass is 278 g/mol. The fourth-order valence-corrected chi connectivity index (χ4v) is 3.28. The highest BCUT2D eigenvalue weighted by Crippen LogP contribution is 2.33. The molecular formula is C20H22O. The van der Waals surface area contributed by atoms with Gasteiger partial charge in [-0.3, -0.25) is 4.79 Å². The molecule has 3 rings (SSSR count). The molecule has 1 atom stereocenters. The first-order chi connectivity index (χ1) is 10.2. The van der Waals surface area contributed by atoms with Crippen LogP contribution in [0.4, 0.5) is 0 Å². The van der Waals surface area contributed by atoms with E-state index in [0.717, 1.165) is 25.7 Å². The van der Waals surface area contributed by atoms with Gasteiger partial charge in [0.25, 0.3) is 0 Å². The second kappa shape index (κ2) is 6.26. The lowest BCUT2D eigenvalue weighted by molar-refractivity contribution is -0.120. The lowest BCUT2D eigenvalue weighted by Gasteiger charge is -2.24. The van der Waals surface area contributed by atoms with Gasteiger partial charge in [-0.2, -0.15) is 0 Å². The van der Waals surface area contributed by atoms with Crippen LogP contribution in [0.15, 0.2) is 48.5 Å². The van der Waals surface area contributed by atoms with Gasteiger partial charge in [-0.15, -0.1) is 0 Å². The molecule has 0 aromatic heterocycles. The van der Waals surface area contributed by atoms with Gasteiger partial charge in [0, 0.05) is 12.3 Å². The van der Waals surface area contributed by atoms with Crippen molar-refractivity contribution in [2.24, 2.45) is 0 Å². The Morgan fingerprint density at radius 3 is 2.67 bits per heavy atom. The van der Waals surface area contributed by atoms with Crippen molar-refractivity contribution in [2.75, 3.05) is 0 Å². The fraction of sp³-hybridized carbons (Fsp3) is 0.350. The van der Waals surface area contributed by atoms with Crippen molar-refractivity contribution in [3.63, 3.8) is 0 Å². The Kier molecular flexibility index (Phi) is 4.19. The summed E-state index contributed by atoms with van der Waals surface area (Å²) in [4.78, 5) is 12.6. The van der Waals surface area contributed by atoms with E-state index in [-0.39, 0.29) is 5.92 Å². The molecule has 0 amide bonds. The van der Waals surface area contributed by atoms with E-state index in [2.05, 4.69) is 55.5 Å². The van der Waals surface area contributed by atoms with E-state index in [0.29, 0.717) is 12.2 Å². The summed E-state index contributed by atoms with van der Waals surface area (Å²) in [6.07, 6.45) is 4.79. The minimum Gasteiger partial charge on any atom is -0.299 e. The van der Waals surface area contributed by atoms with Gasteiger partial charge in [0.1, 0.15) is 5.78 Å². The van der Waals surface area contributed by atoms with Gasteiger partial charge in [-0.1, -0.05) is 54.1 Å². The van der Waals surface area contributed by atoms with Crippen molar-refractivity contribution >= 4 is 5.78 Å². The minimum absolute atomic E-state index is 0.125. The lowest BCUT2D eigenvalue weighted by atomic mass is 9.79. The predicted octanol–water partition coefficient (Wildman–Crippen LogP) is 4.62. The minimum atomic E-state index is 0.125. The molecule has 0 radical (unpaired) electrons. The molecule has 1 aliphatic rings. The third-order valence-electron chi connectivity index (χ3n) is 4.54. The fourth-order valence-electron chi connectivity index (χ4n) is 3.28. The Labute approximate surface area is 127 Å². The summed E-state index contributed by atoms with van der Waals surface area (Å²) < 4.78 is 0. The second-order valence-corrected chi connectivity index (χ2v) is 6.10. The molecule has 2 aromatic carbocycles. The summed E-state index contributed by atoms with van der Waals surface area (Å²) >= 11 is 0. The highest BCUT2D eigenvalue weighted by Gasteiger charge is 2.25. The van der Waals surface area contributed by atoms with Crippen molar-refractivity contribution in [1.29, 1.82) is 0 Å². The summed E-state index contributed by atoms with van der Waals surface area (Å²) in [7, 11) is 0. The maximum absolute atomic E-state index is 12.6. The average molecular weight is 278 g/mol. The zero-order chi connectivity index (χ0) is 14.7. The van der Waals surface area contributed by atoms with E-state index < -0.39 is 0 Å². The largest absolute Gasteiger partial charge is 0.299 e. The Balaban J connectivity index is 1.68. The quantitative estimate of drug-likeness (QED) is 0.797. The van der Waals surface area contributed by atoms with Crippen LogP contribution in [0.2, 0.25) is 0 Å². The third kappa shape index (κ3) is 3.24. The number of hydrogen-bond donors (Lipinski definition) is 0. The zero-order valence-corrected chi connectivity index (χ0v) is 12.6. The standard InChI is InChI=1S/C20H22O/c1-15-9-11-16(12-10-15)13-14-20(21)19-8-4-6-17-5-2-3-7-18(17)19/h2-3,5,7,9-12,19H,4,6,8,13-14H2,1H3. The number of Topliss-reactive ketones (excluding diaryl/α,β-unsaturated/α-hetero) is 1. The summed E-state index contributed by atoms with van der Waals surface area (Å²) in [6.45, 7) is 2.09. The molecule has 0 saturated carbocycles. The Bertz CT molecular complexity index is 625. The lowest BCUT2D eigenvalue weighted by Crippen LogP contribution is -2.19. The number of carbonyl (C=O) groups excluding carboxylic acids is 1. The maximum Gasteiger partial charge on any atom is 0.140 e. The van der Waals surface area contributed by atoms with Gasteiger partial charge in [-0.05, 0) is 49.3 Å². The summed E-state index contributed by atoms with van der Waals surface area (Å²) in [5, 5.41) is 0. The predicted molar refractivity (Wildman–Crippen MR) is 86.6 cm³/mol. The van der Waals surface area contributed by atoms with E-state index in [9.17, 15) is 4.79 Å². The van der Waals surface area contributed by atoms with Gasteiger partial charge in [-0.25, -0.2) is 0 Å².